The number of thiocarbonyl (C=S) groups is 1. The molecule has 6 nitrogen and oxygen atoms in total. The lowest BCUT2D eigenvalue weighted by molar-refractivity contribution is -0.137. The molecular weight excluding hydrogens is 429 g/mol. The lowest BCUT2D eigenvalue weighted by Gasteiger charge is -2.13. The largest absolute Gasteiger partial charge is 0.451 e. The van der Waals surface area contributed by atoms with Crippen molar-refractivity contribution in [1.29, 1.82) is 0 Å². The number of nitrogens with one attached hydrogen (secondary N) is 3. The van der Waals surface area contributed by atoms with Gasteiger partial charge in [0.2, 0.25) is 0 Å². The highest BCUT2D eigenvalue weighted by Gasteiger charge is 2.33. The number of benzene rings is 2. The molecule has 11 heteroatoms. The average molecular weight is 441 g/mol. The van der Waals surface area contributed by atoms with Crippen molar-refractivity contribution in [2.24, 2.45) is 0 Å². The summed E-state index contributed by atoms with van der Waals surface area (Å²) in [4.78, 5) is 15.6. The molecule has 0 spiro atoms. The number of alkyl halides is 3. The van der Waals surface area contributed by atoms with E-state index in [1.165, 1.54) is 12.3 Å². The molecule has 0 aliphatic carbocycles. The summed E-state index contributed by atoms with van der Waals surface area (Å²) in [6, 6.07) is 9.83. The van der Waals surface area contributed by atoms with Gasteiger partial charge in [-0.2, -0.15) is 13.2 Å². The molecule has 0 fully saturated rings. The van der Waals surface area contributed by atoms with E-state index in [2.05, 4.69) is 20.9 Å². The van der Waals surface area contributed by atoms with Crippen LogP contribution in [0.3, 0.4) is 0 Å². The number of oxazole rings is 1. The fourth-order valence-electron chi connectivity index (χ4n) is 2.27. The Morgan fingerprint density at radius 2 is 1.59 bits per heavy atom. The third-order valence-corrected chi connectivity index (χ3v) is 4.11. The highest BCUT2D eigenvalue weighted by Crippen LogP contribution is 2.35. The SMILES string of the molecule is O=C(Nc1ccc(NC(=S)Nc2ccc(C(F)(F)F)c(Cl)c2)cc1)c1cocn1. The number of hydrogen-bond donors (Lipinski definition) is 3. The summed E-state index contributed by atoms with van der Waals surface area (Å²) in [6.07, 6.45) is -2.15. The maximum atomic E-state index is 12.7. The van der Waals surface area contributed by atoms with Gasteiger partial charge in [0.25, 0.3) is 5.91 Å². The second-order valence-corrected chi connectivity index (χ2v) is 6.49. The van der Waals surface area contributed by atoms with Crippen molar-refractivity contribution in [3.05, 3.63) is 71.4 Å². The number of nitrogens with zero attached hydrogens (tertiary/aromatic N) is 1. The quantitative estimate of drug-likeness (QED) is 0.471. The predicted molar refractivity (Wildman–Crippen MR) is 107 cm³/mol. The minimum absolute atomic E-state index is 0.146. The first-order chi connectivity index (χ1) is 13.7. The lowest BCUT2D eigenvalue weighted by atomic mass is 10.2. The first kappa shape index (κ1) is 20.6. The first-order valence-electron chi connectivity index (χ1n) is 7.97. The van der Waals surface area contributed by atoms with Crippen molar-refractivity contribution in [1.82, 2.24) is 4.98 Å². The monoisotopic (exact) mass is 440 g/mol. The second kappa shape index (κ2) is 8.50. The second-order valence-electron chi connectivity index (χ2n) is 5.68. The Bertz CT molecular complexity index is 1020. The smallest absolute Gasteiger partial charge is 0.417 e. The average Bonchev–Trinajstić information content (AvgIpc) is 3.17. The van der Waals surface area contributed by atoms with Gasteiger partial charge >= 0.3 is 6.18 Å². The molecule has 0 saturated carbocycles. The molecule has 1 heterocycles. The first-order valence-corrected chi connectivity index (χ1v) is 8.75. The van der Waals surface area contributed by atoms with E-state index < -0.39 is 22.7 Å². The van der Waals surface area contributed by atoms with E-state index in [0.717, 1.165) is 18.5 Å². The van der Waals surface area contributed by atoms with Gasteiger partial charge in [0, 0.05) is 17.1 Å². The molecule has 0 atom stereocenters. The van der Waals surface area contributed by atoms with Crippen molar-refractivity contribution in [2.75, 3.05) is 16.0 Å². The molecule has 0 saturated heterocycles. The van der Waals surface area contributed by atoms with Crippen LogP contribution >= 0.6 is 23.8 Å². The van der Waals surface area contributed by atoms with E-state index in [-0.39, 0.29) is 10.8 Å². The number of carbonyl (C=O) groups is 1. The Hall–Kier alpha value is -3.11. The summed E-state index contributed by atoms with van der Waals surface area (Å²) in [5.74, 6) is -0.421. The molecule has 0 aliphatic heterocycles. The van der Waals surface area contributed by atoms with Crippen LogP contribution in [0.25, 0.3) is 0 Å². The molecule has 3 rings (SSSR count). The van der Waals surface area contributed by atoms with Crippen molar-refractivity contribution in [3.8, 4) is 0 Å². The number of amides is 1. The Morgan fingerprint density at radius 1 is 1.00 bits per heavy atom. The summed E-state index contributed by atoms with van der Waals surface area (Å²) < 4.78 is 43.0. The van der Waals surface area contributed by atoms with E-state index in [9.17, 15) is 18.0 Å². The molecule has 1 aromatic heterocycles. The van der Waals surface area contributed by atoms with Gasteiger partial charge in [-0.3, -0.25) is 4.79 Å². The summed E-state index contributed by atoms with van der Waals surface area (Å²) >= 11 is 10.8. The molecule has 0 radical (unpaired) electrons. The molecule has 2 aromatic carbocycles. The maximum Gasteiger partial charge on any atom is 0.417 e. The molecule has 0 bridgehead atoms. The van der Waals surface area contributed by atoms with Gasteiger partial charge in [0.15, 0.2) is 17.2 Å². The van der Waals surface area contributed by atoms with E-state index in [4.69, 9.17) is 28.2 Å². The van der Waals surface area contributed by atoms with Crippen molar-refractivity contribution in [2.45, 2.75) is 6.18 Å². The summed E-state index contributed by atoms with van der Waals surface area (Å²) in [7, 11) is 0. The number of anilines is 3. The van der Waals surface area contributed by atoms with Gasteiger partial charge in [-0.05, 0) is 54.7 Å². The minimum Gasteiger partial charge on any atom is -0.451 e. The fraction of sp³-hybridized carbons (Fsp3) is 0.0556. The third-order valence-electron chi connectivity index (χ3n) is 3.60. The predicted octanol–water partition coefficient (Wildman–Crippen LogP) is 5.41. The van der Waals surface area contributed by atoms with Gasteiger partial charge in [0.05, 0.1) is 10.6 Å². The van der Waals surface area contributed by atoms with Crippen LogP contribution < -0.4 is 16.0 Å². The van der Waals surface area contributed by atoms with Gasteiger partial charge in [-0.25, -0.2) is 4.98 Å². The van der Waals surface area contributed by atoms with E-state index in [1.54, 1.807) is 24.3 Å². The van der Waals surface area contributed by atoms with Gasteiger partial charge in [0.1, 0.15) is 6.26 Å². The molecule has 29 heavy (non-hydrogen) atoms. The number of halogens is 4. The molecule has 3 aromatic rings. The van der Waals surface area contributed by atoms with Crippen molar-refractivity contribution < 1.29 is 22.4 Å². The molecule has 150 valence electrons. The summed E-state index contributed by atoms with van der Waals surface area (Å²) in [5.41, 5.74) is 0.647. The van der Waals surface area contributed by atoms with Crippen LogP contribution in [0, 0.1) is 0 Å². The van der Waals surface area contributed by atoms with Crippen LogP contribution in [0.1, 0.15) is 16.1 Å². The van der Waals surface area contributed by atoms with Crippen molar-refractivity contribution >= 4 is 51.9 Å². The van der Waals surface area contributed by atoms with Crippen LogP contribution in [0.5, 0.6) is 0 Å². The fourth-order valence-corrected chi connectivity index (χ4v) is 2.80. The molecule has 3 N–H and O–H groups in total. The standard InChI is InChI=1S/C18H12ClF3N4O2S/c19-14-7-12(5-6-13(14)18(20,21)22)26-17(29)25-11-3-1-10(2-4-11)24-16(27)15-8-28-9-23-15/h1-9H,(H,24,27)(H2,25,26,29). The van der Waals surface area contributed by atoms with Crippen LogP contribution in [-0.2, 0) is 6.18 Å². The Morgan fingerprint density at radius 3 is 2.14 bits per heavy atom. The van der Waals surface area contributed by atoms with E-state index >= 15 is 0 Å². The zero-order valence-electron chi connectivity index (χ0n) is 14.4. The molecule has 1 amide bonds. The molecule has 0 unspecified atom stereocenters. The van der Waals surface area contributed by atoms with Crippen LogP contribution in [0.15, 0.2) is 59.5 Å². The number of hydrogen-bond acceptors (Lipinski definition) is 4. The van der Waals surface area contributed by atoms with E-state index in [1.807, 2.05) is 0 Å². The lowest BCUT2D eigenvalue weighted by Crippen LogP contribution is -2.19. The normalized spacial score (nSPS) is 11.0. The maximum absolute atomic E-state index is 12.7. The van der Waals surface area contributed by atoms with E-state index in [0.29, 0.717) is 17.1 Å². The van der Waals surface area contributed by atoms with Crippen molar-refractivity contribution in [3.63, 3.8) is 0 Å². The molecule has 0 aliphatic rings. The topological polar surface area (TPSA) is 79.2 Å². The highest BCUT2D eigenvalue weighted by atomic mass is 35.5. The zero-order chi connectivity index (χ0) is 21.0. The summed E-state index contributed by atoms with van der Waals surface area (Å²) in [5, 5.41) is 8.00. The zero-order valence-corrected chi connectivity index (χ0v) is 16.0. The minimum atomic E-state index is -4.53. The van der Waals surface area contributed by atoms with Crippen LogP contribution in [-0.4, -0.2) is 16.0 Å². The number of rotatable bonds is 4. The third kappa shape index (κ3) is 5.46. The van der Waals surface area contributed by atoms with Crippen LogP contribution in [0.4, 0.5) is 30.2 Å². The number of aromatic nitrogens is 1. The summed E-state index contributed by atoms with van der Waals surface area (Å²) in [6.45, 7) is 0. The van der Waals surface area contributed by atoms with Gasteiger partial charge < -0.3 is 20.4 Å². The molecular formula is C18H12ClF3N4O2S. The Balaban J connectivity index is 1.58. The number of carbonyl (C=O) groups excluding carboxylic acids is 1. The van der Waals surface area contributed by atoms with Gasteiger partial charge in [-0.1, -0.05) is 11.6 Å². The Labute approximate surface area is 173 Å². The van der Waals surface area contributed by atoms with Crippen LogP contribution in [0.2, 0.25) is 5.02 Å². The Kier molecular flexibility index (Phi) is 6.04. The highest BCUT2D eigenvalue weighted by molar-refractivity contribution is 7.80. The van der Waals surface area contributed by atoms with Gasteiger partial charge in [-0.15, -0.1) is 0 Å².